The van der Waals surface area contributed by atoms with E-state index in [2.05, 4.69) is 25.1 Å². The molecule has 2 nitrogen and oxygen atoms in total. The first kappa shape index (κ1) is 16.3. The standard InChI is InChI=1S/C15H32N2S/c1-4-14(12-18-3)17(2)11-10-15(13-16)8-6-5-7-9-15/h14H,4-13,16H2,1-3H3. The van der Waals surface area contributed by atoms with Gasteiger partial charge in [0.2, 0.25) is 0 Å². The fourth-order valence-electron chi connectivity index (χ4n) is 3.20. The molecule has 1 unspecified atom stereocenters. The van der Waals surface area contributed by atoms with Crippen LogP contribution in [0.25, 0.3) is 0 Å². The van der Waals surface area contributed by atoms with Gasteiger partial charge in [0.25, 0.3) is 0 Å². The van der Waals surface area contributed by atoms with Gasteiger partial charge in [0.1, 0.15) is 0 Å². The summed E-state index contributed by atoms with van der Waals surface area (Å²) in [7, 11) is 2.29. The van der Waals surface area contributed by atoms with Crippen LogP contribution >= 0.6 is 11.8 Å². The van der Waals surface area contributed by atoms with Crippen molar-refractivity contribution in [3.63, 3.8) is 0 Å². The van der Waals surface area contributed by atoms with E-state index in [4.69, 9.17) is 5.73 Å². The van der Waals surface area contributed by atoms with Crippen molar-refractivity contribution in [2.24, 2.45) is 11.1 Å². The number of rotatable bonds is 8. The molecular weight excluding hydrogens is 240 g/mol. The molecule has 3 heteroatoms. The lowest BCUT2D eigenvalue weighted by molar-refractivity contribution is 0.142. The van der Waals surface area contributed by atoms with E-state index in [1.165, 1.54) is 57.2 Å². The van der Waals surface area contributed by atoms with E-state index >= 15 is 0 Å². The van der Waals surface area contributed by atoms with Gasteiger partial charge in [-0.15, -0.1) is 0 Å². The Labute approximate surface area is 118 Å². The summed E-state index contributed by atoms with van der Waals surface area (Å²) in [6.07, 6.45) is 11.7. The van der Waals surface area contributed by atoms with E-state index in [0.717, 1.165) is 12.6 Å². The van der Waals surface area contributed by atoms with Gasteiger partial charge in [-0.05, 0) is 57.5 Å². The van der Waals surface area contributed by atoms with Crippen molar-refractivity contribution in [1.82, 2.24) is 4.90 Å². The van der Waals surface area contributed by atoms with Crippen LogP contribution in [-0.4, -0.2) is 43.1 Å². The minimum Gasteiger partial charge on any atom is -0.330 e. The van der Waals surface area contributed by atoms with Gasteiger partial charge < -0.3 is 10.6 Å². The maximum absolute atomic E-state index is 6.07. The fourth-order valence-corrected chi connectivity index (χ4v) is 4.08. The number of nitrogens with zero attached hydrogens (tertiary/aromatic N) is 1. The second kappa shape index (κ2) is 8.44. The molecule has 0 radical (unpaired) electrons. The molecule has 0 aliphatic heterocycles. The van der Waals surface area contributed by atoms with Crippen LogP contribution in [-0.2, 0) is 0 Å². The molecule has 1 fully saturated rings. The quantitative estimate of drug-likeness (QED) is 0.734. The third-order valence-corrected chi connectivity index (χ3v) is 5.51. The molecule has 0 spiro atoms. The molecule has 0 aromatic heterocycles. The average molecular weight is 273 g/mol. The highest BCUT2D eigenvalue weighted by molar-refractivity contribution is 7.98. The summed E-state index contributed by atoms with van der Waals surface area (Å²) in [5.41, 5.74) is 6.53. The van der Waals surface area contributed by atoms with Gasteiger partial charge in [0.15, 0.2) is 0 Å². The minimum atomic E-state index is 0.462. The Morgan fingerprint density at radius 1 is 1.28 bits per heavy atom. The Morgan fingerprint density at radius 2 is 1.94 bits per heavy atom. The molecule has 2 N–H and O–H groups in total. The summed E-state index contributed by atoms with van der Waals surface area (Å²) in [6.45, 7) is 4.41. The molecule has 0 aromatic rings. The Bertz CT molecular complexity index is 215. The summed E-state index contributed by atoms with van der Waals surface area (Å²) in [5.74, 6) is 1.25. The molecular formula is C15H32N2S. The Kier molecular flexibility index (Phi) is 7.66. The van der Waals surface area contributed by atoms with Gasteiger partial charge in [-0.2, -0.15) is 11.8 Å². The highest BCUT2D eigenvalue weighted by Crippen LogP contribution is 2.38. The van der Waals surface area contributed by atoms with Crippen molar-refractivity contribution in [2.75, 3.05) is 32.1 Å². The molecule has 1 aliphatic rings. The maximum Gasteiger partial charge on any atom is 0.0180 e. The molecule has 18 heavy (non-hydrogen) atoms. The van der Waals surface area contributed by atoms with Crippen molar-refractivity contribution in [3.05, 3.63) is 0 Å². The van der Waals surface area contributed by atoms with Crippen LogP contribution in [0.3, 0.4) is 0 Å². The Balaban J connectivity index is 2.41. The molecule has 0 amide bonds. The van der Waals surface area contributed by atoms with Crippen molar-refractivity contribution in [1.29, 1.82) is 0 Å². The lowest BCUT2D eigenvalue weighted by Crippen LogP contribution is -2.40. The molecule has 1 atom stereocenters. The smallest absolute Gasteiger partial charge is 0.0180 e. The van der Waals surface area contributed by atoms with Crippen molar-refractivity contribution >= 4 is 11.8 Å². The number of thioether (sulfide) groups is 1. The summed E-state index contributed by atoms with van der Waals surface area (Å²) >= 11 is 1.96. The lowest BCUT2D eigenvalue weighted by atomic mass is 9.72. The zero-order chi connectivity index (χ0) is 13.4. The minimum absolute atomic E-state index is 0.462. The zero-order valence-corrected chi connectivity index (χ0v) is 13.4. The van der Waals surface area contributed by atoms with Crippen LogP contribution in [0.5, 0.6) is 0 Å². The molecule has 0 aromatic carbocycles. The molecule has 1 aliphatic carbocycles. The molecule has 1 saturated carbocycles. The van der Waals surface area contributed by atoms with E-state index in [9.17, 15) is 0 Å². The fraction of sp³-hybridized carbons (Fsp3) is 1.00. The van der Waals surface area contributed by atoms with Crippen LogP contribution in [0.2, 0.25) is 0 Å². The highest BCUT2D eigenvalue weighted by atomic mass is 32.2. The first-order valence-electron chi connectivity index (χ1n) is 7.56. The molecule has 1 rings (SSSR count). The zero-order valence-electron chi connectivity index (χ0n) is 12.6. The van der Waals surface area contributed by atoms with Crippen molar-refractivity contribution in [2.45, 2.75) is 57.9 Å². The number of nitrogens with two attached hydrogens (primary N) is 1. The van der Waals surface area contributed by atoms with Crippen LogP contribution in [0.15, 0.2) is 0 Å². The van der Waals surface area contributed by atoms with E-state index in [1.807, 2.05) is 11.8 Å². The van der Waals surface area contributed by atoms with Crippen molar-refractivity contribution < 1.29 is 0 Å². The monoisotopic (exact) mass is 272 g/mol. The van der Waals surface area contributed by atoms with E-state index in [0.29, 0.717) is 5.41 Å². The van der Waals surface area contributed by atoms with Gasteiger partial charge in [-0.1, -0.05) is 26.2 Å². The highest BCUT2D eigenvalue weighted by Gasteiger charge is 2.30. The Hall–Kier alpha value is 0.270. The summed E-state index contributed by atoms with van der Waals surface area (Å²) < 4.78 is 0. The molecule has 0 heterocycles. The van der Waals surface area contributed by atoms with Gasteiger partial charge in [0, 0.05) is 11.8 Å². The predicted molar refractivity (Wildman–Crippen MR) is 84.3 cm³/mol. The first-order valence-corrected chi connectivity index (χ1v) is 8.96. The van der Waals surface area contributed by atoms with E-state index in [-0.39, 0.29) is 0 Å². The Morgan fingerprint density at radius 3 is 2.44 bits per heavy atom. The van der Waals surface area contributed by atoms with Gasteiger partial charge in [-0.3, -0.25) is 0 Å². The summed E-state index contributed by atoms with van der Waals surface area (Å²) in [6, 6.07) is 0.735. The van der Waals surface area contributed by atoms with Gasteiger partial charge >= 0.3 is 0 Å². The normalized spacial score (nSPS) is 21.2. The largest absolute Gasteiger partial charge is 0.330 e. The first-order chi connectivity index (χ1) is 8.67. The molecule has 108 valence electrons. The van der Waals surface area contributed by atoms with Gasteiger partial charge in [-0.25, -0.2) is 0 Å². The third kappa shape index (κ3) is 4.75. The second-order valence-corrected chi connectivity index (χ2v) is 6.92. The van der Waals surface area contributed by atoms with Crippen molar-refractivity contribution in [3.8, 4) is 0 Å². The van der Waals surface area contributed by atoms with Crippen LogP contribution in [0.1, 0.15) is 51.9 Å². The summed E-state index contributed by atoms with van der Waals surface area (Å²) in [5, 5.41) is 0. The predicted octanol–water partition coefficient (Wildman–Crippen LogP) is 3.36. The van der Waals surface area contributed by atoms with Crippen LogP contribution in [0.4, 0.5) is 0 Å². The number of hydrogen-bond donors (Lipinski definition) is 1. The third-order valence-electron chi connectivity index (χ3n) is 4.80. The second-order valence-electron chi connectivity index (χ2n) is 6.01. The summed E-state index contributed by atoms with van der Waals surface area (Å²) in [4.78, 5) is 2.56. The average Bonchev–Trinajstić information content (AvgIpc) is 2.43. The van der Waals surface area contributed by atoms with E-state index < -0.39 is 0 Å². The topological polar surface area (TPSA) is 29.3 Å². The lowest BCUT2D eigenvalue weighted by Gasteiger charge is -2.38. The molecule has 0 bridgehead atoms. The number of hydrogen-bond acceptors (Lipinski definition) is 3. The van der Waals surface area contributed by atoms with Gasteiger partial charge in [0.05, 0.1) is 0 Å². The van der Waals surface area contributed by atoms with Crippen LogP contribution in [0, 0.1) is 5.41 Å². The maximum atomic E-state index is 6.07. The van der Waals surface area contributed by atoms with E-state index in [1.54, 1.807) is 0 Å². The molecule has 0 saturated heterocycles. The van der Waals surface area contributed by atoms with Crippen LogP contribution < -0.4 is 5.73 Å². The SMILES string of the molecule is CCC(CSC)N(C)CCC1(CN)CCCCC1.